The van der Waals surface area contributed by atoms with Gasteiger partial charge in [0.2, 0.25) is 0 Å². The number of hydrogen-bond acceptors (Lipinski definition) is 5. The predicted molar refractivity (Wildman–Crippen MR) is 69.1 cm³/mol. The average Bonchev–Trinajstić information content (AvgIpc) is 2.50. The minimum Gasteiger partial charge on any atom is -0.493 e. The van der Waals surface area contributed by atoms with E-state index in [0.717, 1.165) is 12.3 Å². The van der Waals surface area contributed by atoms with Gasteiger partial charge in [-0.3, -0.25) is 15.0 Å². The van der Waals surface area contributed by atoms with Crippen LogP contribution >= 0.6 is 0 Å². The molecule has 1 heterocycles. The summed E-state index contributed by atoms with van der Waals surface area (Å²) < 4.78 is 50.0. The lowest BCUT2D eigenvalue weighted by molar-refractivity contribution is -0.136. The van der Waals surface area contributed by atoms with Crippen molar-refractivity contribution in [3.8, 4) is 11.5 Å². The molecule has 2 aromatic rings. The number of amides is 1. The molecular weight excluding hydrogens is 305 g/mol. The zero-order chi connectivity index (χ0) is 16.5. The third-order valence-corrected chi connectivity index (χ3v) is 3.00. The minimum absolute atomic E-state index is 0.0283. The first-order valence-corrected chi connectivity index (χ1v) is 5.89. The molecule has 0 saturated carbocycles. The molecule has 0 radical (unpaired) electrons. The Kier molecular flexibility index (Phi) is 4.09. The third-order valence-electron chi connectivity index (χ3n) is 3.00. The van der Waals surface area contributed by atoms with Crippen molar-refractivity contribution in [3.05, 3.63) is 29.5 Å². The van der Waals surface area contributed by atoms with Crippen LogP contribution in [0.4, 0.5) is 13.2 Å². The van der Waals surface area contributed by atoms with Gasteiger partial charge < -0.3 is 9.47 Å². The number of pyridine rings is 1. The van der Waals surface area contributed by atoms with E-state index in [0.29, 0.717) is 0 Å². The van der Waals surface area contributed by atoms with E-state index in [4.69, 9.17) is 14.7 Å². The number of carbonyl (C=O) groups excluding carboxylic acids is 1. The number of rotatable bonds is 3. The fraction of sp³-hybridized carbons (Fsp3) is 0.231. The highest BCUT2D eigenvalue weighted by Crippen LogP contribution is 2.40. The smallest absolute Gasteiger partial charge is 0.417 e. The molecule has 0 bridgehead atoms. The van der Waals surface area contributed by atoms with Crippen LogP contribution in [0.5, 0.6) is 11.5 Å². The Hall–Kier alpha value is -2.55. The zero-order valence-corrected chi connectivity index (χ0v) is 11.5. The van der Waals surface area contributed by atoms with Crippen LogP contribution < -0.4 is 15.0 Å². The lowest BCUT2D eigenvalue weighted by atomic mass is 10.0. The fourth-order valence-corrected chi connectivity index (χ4v) is 2.06. The van der Waals surface area contributed by atoms with Crippen LogP contribution in [-0.4, -0.2) is 30.3 Å². The van der Waals surface area contributed by atoms with E-state index in [1.54, 1.807) is 0 Å². The summed E-state index contributed by atoms with van der Waals surface area (Å²) in [5.74, 6) is -1.05. The second kappa shape index (κ2) is 5.68. The first-order valence-electron chi connectivity index (χ1n) is 5.89. The first-order chi connectivity index (χ1) is 10.3. The van der Waals surface area contributed by atoms with Gasteiger partial charge in [-0.25, -0.2) is 5.48 Å². The van der Waals surface area contributed by atoms with Crippen LogP contribution in [0, 0.1) is 0 Å². The maximum atomic E-state index is 13.3. The molecule has 0 fully saturated rings. The van der Waals surface area contributed by atoms with Crippen LogP contribution in [0.25, 0.3) is 10.9 Å². The standard InChI is InChI=1S/C13H11F3N2O4/c1-21-9-3-6-8(4-10(9)22-2)17-5-7(12(19)18-20)11(6)13(14,15)16/h3-5,20H,1-2H3,(H,18,19). The predicted octanol–water partition coefficient (Wildman–Crippen LogP) is 2.39. The van der Waals surface area contributed by atoms with Crippen LogP contribution in [0.1, 0.15) is 15.9 Å². The number of aromatic nitrogens is 1. The lowest BCUT2D eigenvalue weighted by Crippen LogP contribution is -2.23. The molecule has 1 aromatic heterocycles. The molecule has 118 valence electrons. The van der Waals surface area contributed by atoms with E-state index in [1.165, 1.54) is 25.8 Å². The maximum absolute atomic E-state index is 13.3. The average molecular weight is 316 g/mol. The number of alkyl halides is 3. The second-order valence-corrected chi connectivity index (χ2v) is 4.21. The summed E-state index contributed by atoms with van der Waals surface area (Å²) in [6.45, 7) is 0. The van der Waals surface area contributed by atoms with E-state index < -0.39 is 23.2 Å². The summed E-state index contributed by atoms with van der Waals surface area (Å²) in [5, 5.41) is 8.25. The third kappa shape index (κ3) is 2.62. The molecule has 0 aliphatic carbocycles. The van der Waals surface area contributed by atoms with E-state index in [9.17, 15) is 18.0 Å². The van der Waals surface area contributed by atoms with Gasteiger partial charge in [-0.2, -0.15) is 13.2 Å². The van der Waals surface area contributed by atoms with Gasteiger partial charge in [0.15, 0.2) is 11.5 Å². The van der Waals surface area contributed by atoms with E-state index >= 15 is 0 Å². The highest BCUT2D eigenvalue weighted by atomic mass is 19.4. The summed E-state index contributed by atoms with van der Waals surface area (Å²) >= 11 is 0. The summed E-state index contributed by atoms with van der Waals surface area (Å²) in [6, 6.07) is 2.35. The van der Waals surface area contributed by atoms with Crippen molar-refractivity contribution < 1.29 is 32.6 Å². The van der Waals surface area contributed by atoms with Gasteiger partial charge in [0.05, 0.1) is 30.9 Å². The molecule has 1 aromatic carbocycles. The Morgan fingerprint density at radius 1 is 1.23 bits per heavy atom. The van der Waals surface area contributed by atoms with Gasteiger partial charge >= 0.3 is 6.18 Å². The SMILES string of the molecule is COc1cc2ncc(C(=O)NO)c(C(F)(F)F)c2cc1OC. The molecule has 0 spiro atoms. The van der Waals surface area contributed by atoms with Crippen LogP contribution in [0.15, 0.2) is 18.3 Å². The van der Waals surface area contributed by atoms with Gasteiger partial charge in [0.1, 0.15) is 0 Å². The summed E-state index contributed by atoms with van der Waals surface area (Å²) in [4.78, 5) is 15.2. The van der Waals surface area contributed by atoms with Crippen molar-refractivity contribution in [2.24, 2.45) is 0 Å². The number of hydrogen-bond donors (Lipinski definition) is 2. The first kappa shape index (κ1) is 15.8. The lowest BCUT2D eigenvalue weighted by Gasteiger charge is -2.16. The van der Waals surface area contributed by atoms with E-state index in [2.05, 4.69) is 4.98 Å². The van der Waals surface area contributed by atoms with Gasteiger partial charge in [0.25, 0.3) is 5.91 Å². The summed E-state index contributed by atoms with van der Waals surface area (Å²) in [6.07, 6.45) is -4.09. The van der Waals surface area contributed by atoms with Crippen molar-refractivity contribution in [1.29, 1.82) is 0 Å². The Morgan fingerprint density at radius 2 is 1.82 bits per heavy atom. The molecule has 0 saturated heterocycles. The second-order valence-electron chi connectivity index (χ2n) is 4.21. The minimum atomic E-state index is -4.83. The molecule has 0 unspecified atom stereocenters. The largest absolute Gasteiger partial charge is 0.493 e. The van der Waals surface area contributed by atoms with Crippen molar-refractivity contribution in [2.45, 2.75) is 6.18 Å². The number of nitrogens with one attached hydrogen (secondary N) is 1. The number of hydroxylamine groups is 1. The van der Waals surface area contributed by atoms with Crippen LogP contribution in [0.3, 0.4) is 0 Å². The van der Waals surface area contributed by atoms with E-state index in [-0.39, 0.29) is 22.4 Å². The number of carbonyl (C=O) groups is 1. The zero-order valence-electron chi connectivity index (χ0n) is 11.5. The molecule has 0 atom stereocenters. The van der Waals surface area contributed by atoms with E-state index in [1.807, 2.05) is 0 Å². The molecule has 0 aliphatic rings. The van der Waals surface area contributed by atoms with Crippen LogP contribution in [-0.2, 0) is 6.18 Å². The molecule has 2 rings (SSSR count). The summed E-state index contributed by atoms with van der Waals surface area (Å²) in [5.41, 5.74) is -0.868. The number of nitrogens with zero attached hydrogens (tertiary/aromatic N) is 1. The number of methoxy groups -OCH3 is 2. The van der Waals surface area contributed by atoms with Crippen molar-refractivity contribution in [3.63, 3.8) is 0 Å². The summed E-state index contributed by atoms with van der Waals surface area (Å²) in [7, 11) is 2.61. The molecule has 1 amide bonds. The van der Waals surface area contributed by atoms with Crippen molar-refractivity contribution >= 4 is 16.8 Å². The number of halogens is 3. The topological polar surface area (TPSA) is 80.7 Å². The van der Waals surface area contributed by atoms with Gasteiger partial charge in [0, 0.05) is 17.6 Å². The van der Waals surface area contributed by atoms with Crippen molar-refractivity contribution in [2.75, 3.05) is 14.2 Å². The number of fused-ring (bicyclic) bond motifs is 1. The van der Waals surface area contributed by atoms with Gasteiger partial charge in [-0.15, -0.1) is 0 Å². The normalized spacial score (nSPS) is 11.4. The highest BCUT2D eigenvalue weighted by Gasteiger charge is 2.38. The van der Waals surface area contributed by atoms with Crippen LogP contribution in [0.2, 0.25) is 0 Å². The molecule has 2 N–H and O–H groups in total. The molecule has 9 heteroatoms. The Balaban J connectivity index is 2.89. The van der Waals surface area contributed by atoms with Crippen molar-refractivity contribution in [1.82, 2.24) is 10.5 Å². The molecule has 6 nitrogen and oxygen atoms in total. The molecular formula is C13H11F3N2O4. The molecule has 0 aliphatic heterocycles. The number of ether oxygens (including phenoxy) is 2. The Bertz CT molecular complexity index is 731. The Labute approximate surface area is 122 Å². The fourth-order valence-electron chi connectivity index (χ4n) is 2.06. The van der Waals surface area contributed by atoms with Gasteiger partial charge in [-0.1, -0.05) is 0 Å². The quantitative estimate of drug-likeness (QED) is 0.671. The monoisotopic (exact) mass is 316 g/mol. The highest BCUT2D eigenvalue weighted by molar-refractivity contribution is 6.00. The number of benzene rings is 1. The molecule has 22 heavy (non-hydrogen) atoms. The maximum Gasteiger partial charge on any atom is 0.417 e. The van der Waals surface area contributed by atoms with Gasteiger partial charge in [-0.05, 0) is 6.07 Å². The Morgan fingerprint density at radius 3 is 2.32 bits per heavy atom.